The van der Waals surface area contributed by atoms with Gasteiger partial charge in [0.25, 0.3) is 0 Å². The Bertz CT molecular complexity index is 1020. The van der Waals surface area contributed by atoms with Crippen molar-refractivity contribution in [3.05, 3.63) is 65.2 Å². The quantitative estimate of drug-likeness (QED) is 0.643. The molecule has 0 aliphatic rings. The lowest BCUT2D eigenvalue weighted by Gasteiger charge is -2.32. The molecule has 2 aromatic carbocycles. The van der Waals surface area contributed by atoms with E-state index in [4.69, 9.17) is 0 Å². The fourth-order valence-electron chi connectivity index (χ4n) is 3.29. The summed E-state index contributed by atoms with van der Waals surface area (Å²) in [5.74, 6) is -0.738. The molecule has 0 unspecified atom stereocenters. The number of carbonyl (C=O) groups excluding carboxylic acids is 2. The maximum absolute atomic E-state index is 13.4. The summed E-state index contributed by atoms with van der Waals surface area (Å²) in [7, 11) is -3.73. The number of likely N-dealkylation sites (N-methyl/N-ethyl adjacent to an activating group) is 1. The minimum atomic E-state index is -3.73. The molecule has 0 aliphatic carbocycles. The molecule has 1 atom stereocenters. The van der Waals surface area contributed by atoms with E-state index in [1.807, 2.05) is 50.2 Å². The van der Waals surface area contributed by atoms with E-state index < -0.39 is 22.0 Å². The van der Waals surface area contributed by atoms with Gasteiger partial charge in [-0.1, -0.05) is 42.5 Å². The number of anilines is 1. The van der Waals surface area contributed by atoms with E-state index in [0.717, 1.165) is 27.3 Å². The molecule has 1 N–H and O–H groups in total. The Kier molecular flexibility index (Phi) is 8.21. The number of nitrogens with zero attached hydrogens (tertiary/aromatic N) is 2. The standard InChI is InChI=1S/C23H31N3O4S/c1-6-24-23(28)19(4)25(15-20-12-8-7-9-13-20)22(27)16-26(31(5,29)30)21-14-10-11-17(2)18(21)3/h7-14,19H,6,15-16H2,1-5H3,(H,24,28)/t19-/m0/s1. The maximum Gasteiger partial charge on any atom is 0.244 e. The number of amides is 2. The van der Waals surface area contributed by atoms with Crippen molar-refractivity contribution in [2.24, 2.45) is 0 Å². The Morgan fingerprint density at radius 1 is 1.03 bits per heavy atom. The Morgan fingerprint density at radius 3 is 2.26 bits per heavy atom. The van der Waals surface area contributed by atoms with Crippen molar-refractivity contribution < 1.29 is 18.0 Å². The summed E-state index contributed by atoms with van der Waals surface area (Å²) in [6.45, 7) is 7.41. The monoisotopic (exact) mass is 445 g/mol. The second-order valence-corrected chi connectivity index (χ2v) is 9.47. The second kappa shape index (κ2) is 10.4. The zero-order chi connectivity index (χ0) is 23.2. The molecule has 8 heteroatoms. The summed E-state index contributed by atoms with van der Waals surface area (Å²) < 4.78 is 26.3. The molecule has 31 heavy (non-hydrogen) atoms. The highest BCUT2D eigenvalue weighted by Gasteiger charge is 2.30. The number of aryl methyl sites for hydroxylation is 1. The van der Waals surface area contributed by atoms with E-state index >= 15 is 0 Å². The molecule has 0 bridgehead atoms. The Labute approximate surface area is 185 Å². The Morgan fingerprint density at radius 2 is 1.68 bits per heavy atom. The van der Waals surface area contributed by atoms with E-state index in [9.17, 15) is 18.0 Å². The molecule has 0 aromatic heterocycles. The fourth-order valence-corrected chi connectivity index (χ4v) is 4.19. The molecular weight excluding hydrogens is 414 g/mol. The van der Waals surface area contributed by atoms with Crippen molar-refractivity contribution in [3.63, 3.8) is 0 Å². The van der Waals surface area contributed by atoms with Crippen LogP contribution in [0.15, 0.2) is 48.5 Å². The largest absolute Gasteiger partial charge is 0.355 e. The summed E-state index contributed by atoms with van der Waals surface area (Å²) in [4.78, 5) is 27.3. The molecule has 0 saturated carbocycles. The third-order valence-corrected chi connectivity index (χ3v) is 6.36. The van der Waals surface area contributed by atoms with Crippen LogP contribution in [0.3, 0.4) is 0 Å². The SMILES string of the molecule is CCNC(=O)[C@H](C)N(Cc1ccccc1)C(=O)CN(c1cccc(C)c1C)S(C)(=O)=O. The number of hydrogen-bond acceptors (Lipinski definition) is 4. The van der Waals surface area contributed by atoms with Crippen LogP contribution < -0.4 is 9.62 Å². The first-order valence-corrected chi connectivity index (χ1v) is 12.1. The van der Waals surface area contributed by atoms with Crippen LogP contribution >= 0.6 is 0 Å². The van der Waals surface area contributed by atoms with Gasteiger partial charge >= 0.3 is 0 Å². The lowest BCUT2D eigenvalue weighted by Crippen LogP contribution is -2.51. The normalized spacial score (nSPS) is 12.2. The number of nitrogens with one attached hydrogen (secondary N) is 1. The van der Waals surface area contributed by atoms with Crippen molar-refractivity contribution in [3.8, 4) is 0 Å². The second-order valence-electron chi connectivity index (χ2n) is 7.57. The van der Waals surface area contributed by atoms with Crippen molar-refractivity contribution in [1.29, 1.82) is 0 Å². The highest BCUT2D eigenvalue weighted by molar-refractivity contribution is 7.92. The van der Waals surface area contributed by atoms with Gasteiger partial charge in [0, 0.05) is 13.1 Å². The number of benzene rings is 2. The molecule has 0 aliphatic heterocycles. The summed E-state index contributed by atoms with van der Waals surface area (Å²) in [5, 5.41) is 2.73. The average Bonchev–Trinajstić information content (AvgIpc) is 2.72. The first-order valence-electron chi connectivity index (χ1n) is 10.2. The van der Waals surface area contributed by atoms with Crippen molar-refractivity contribution >= 4 is 27.5 Å². The molecule has 168 valence electrons. The molecule has 0 spiro atoms. The minimum Gasteiger partial charge on any atom is -0.355 e. The summed E-state index contributed by atoms with van der Waals surface area (Å²) in [6.07, 6.45) is 1.08. The zero-order valence-corrected chi connectivity index (χ0v) is 19.6. The van der Waals surface area contributed by atoms with E-state index in [-0.39, 0.29) is 19.0 Å². The van der Waals surface area contributed by atoms with Gasteiger partial charge in [0.1, 0.15) is 12.6 Å². The van der Waals surface area contributed by atoms with Crippen LogP contribution in [0.25, 0.3) is 0 Å². The molecule has 0 heterocycles. The number of rotatable bonds is 9. The van der Waals surface area contributed by atoms with Gasteiger partial charge in [-0.05, 0) is 50.5 Å². The Hall–Kier alpha value is -2.87. The Balaban J connectivity index is 2.41. The molecule has 0 saturated heterocycles. The van der Waals surface area contributed by atoms with Crippen LogP contribution in [0.1, 0.15) is 30.5 Å². The van der Waals surface area contributed by atoms with Gasteiger partial charge in [0.15, 0.2) is 0 Å². The summed E-state index contributed by atoms with van der Waals surface area (Å²) in [6, 6.07) is 13.9. The van der Waals surface area contributed by atoms with E-state index in [0.29, 0.717) is 12.2 Å². The van der Waals surface area contributed by atoms with Crippen molar-refractivity contribution in [2.45, 2.75) is 40.3 Å². The van der Waals surface area contributed by atoms with Crippen molar-refractivity contribution in [1.82, 2.24) is 10.2 Å². The minimum absolute atomic E-state index is 0.197. The van der Waals surface area contributed by atoms with Gasteiger partial charge in [-0.3, -0.25) is 13.9 Å². The lowest BCUT2D eigenvalue weighted by molar-refractivity contribution is -0.139. The van der Waals surface area contributed by atoms with Crippen LogP contribution in [0.5, 0.6) is 0 Å². The first kappa shape index (κ1) is 24.4. The summed E-state index contributed by atoms with van der Waals surface area (Å²) in [5.41, 5.74) is 3.02. The van der Waals surface area contributed by atoms with Gasteiger partial charge in [-0.15, -0.1) is 0 Å². The van der Waals surface area contributed by atoms with Gasteiger partial charge in [-0.25, -0.2) is 8.42 Å². The predicted octanol–water partition coefficient (Wildman–Crippen LogP) is 2.62. The third kappa shape index (κ3) is 6.30. The van der Waals surface area contributed by atoms with Crippen LogP contribution in [0.4, 0.5) is 5.69 Å². The molecule has 7 nitrogen and oxygen atoms in total. The van der Waals surface area contributed by atoms with Gasteiger partial charge in [0.05, 0.1) is 11.9 Å². The topological polar surface area (TPSA) is 86.8 Å². The zero-order valence-electron chi connectivity index (χ0n) is 18.8. The molecule has 2 rings (SSSR count). The van der Waals surface area contributed by atoms with Gasteiger partial charge in [-0.2, -0.15) is 0 Å². The average molecular weight is 446 g/mol. The maximum atomic E-state index is 13.4. The van der Waals surface area contributed by atoms with Gasteiger partial charge < -0.3 is 10.2 Å². The van der Waals surface area contributed by atoms with E-state index in [1.165, 1.54) is 4.90 Å². The highest BCUT2D eigenvalue weighted by atomic mass is 32.2. The highest BCUT2D eigenvalue weighted by Crippen LogP contribution is 2.25. The predicted molar refractivity (Wildman–Crippen MR) is 123 cm³/mol. The van der Waals surface area contributed by atoms with Crippen LogP contribution in [-0.2, 0) is 26.2 Å². The third-order valence-electron chi connectivity index (χ3n) is 5.24. The molecule has 2 aromatic rings. The van der Waals surface area contributed by atoms with Crippen LogP contribution in [0.2, 0.25) is 0 Å². The van der Waals surface area contributed by atoms with Crippen molar-refractivity contribution in [2.75, 3.05) is 23.7 Å². The van der Waals surface area contributed by atoms with Gasteiger partial charge in [0.2, 0.25) is 21.8 Å². The molecule has 0 fully saturated rings. The molecular formula is C23H31N3O4S. The number of carbonyl (C=O) groups is 2. The number of sulfonamides is 1. The fraction of sp³-hybridized carbons (Fsp3) is 0.391. The van der Waals surface area contributed by atoms with E-state index in [2.05, 4.69) is 5.32 Å². The van der Waals surface area contributed by atoms with Crippen LogP contribution in [-0.4, -0.2) is 50.5 Å². The van der Waals surface area contributed by atoms with E-state index in [1.54, 1.807) is 26.0 Å². The van der Waals surface area contributed by atoms with Crippen LogP contribution in [0, 0.1) is 13.8 Å². The lowest BCUT2D eigenvalue weighted by atomic mass is 10.1. The summed E-state index contributed by atoms with van der Waals surface area (Å²) >= 11 is 0. The smallest absolute Gasteiger partial charge is 0.244 e. The molecule has 0 radical (unpaired) electrons. The number of hydrogen-bond donors (Lipinski definition) is 1. The molecule has 2 amide bonds. The first-order chi connectivity index (χ1) is 14.6.